The molecule has 0 saturated heterocycles. The zero-order valence-electron chi connectivity index (χ0n) is 10.6. The van der Waals surface area contributed by atoms with Crippen molar-refractivity contribution in [3.63, 3.8) is 0 Å². The van der Waals surface area contributed by atoms with Gasteiger partial charge in [-0.3, -0.25) is 0 Å². The molecule has 1 aliphatic rings. The van der Waals surface area contributed by atoms with Gasteiger partial charge < -0.3 is 5.32 Å². The predicted molar refractivity (Wildman–Crippen MR) is 73.6 cm³/mol. The van der Waals surface area contributed by atoms with Crippen LogP contribution in [-0.2, 0) is 0 Å². The minimum Gasteiger partial charge on any atom is -0.370 e. The summed E-state index contributed by atoms with van der Waals surface area (Å²) in [7, 11) is 0. The molecule has 0 atom stereocenters. The van der Waals surface area contributed by atoms with Gasteiger partial charge in [0.25, 0.3) is 0 Å². The first-order valence-corrected chi connectivity index (χ1v) is 6.54. The van der Waals surface area contributed by atoms with Crippen molar-refractivity contribution in [1.82, 2.24) is 9.97 Å². The van der Waals surface area contributed by atoms with Gasteiger partial charge in [0.2, 0.25) is 0 Å². The van der Waals surface area contributed by atoms with Crippen LogP contribution in [0.3, 0.4) is 0 Å². The summed E-state index contributed by atoms with van der Waals surface area (Å²) in [6, 6.07) is 10.5. The van der Waals surface area contributed by atoms with E-state index in [0.29, 0.717) is 0 Å². The Kier molecular flexibility index (Phi) is 2.97. The molecule has 0 radical (unpaired) electrons. The number of aromatic nitrogens is 2. The number of benzene rings is 1. The average Bonchev–Trinajstić information content (AvgIpc) is 3.24. The van der Waals surface area contributed by atoms with Crippen LogP contribution >= 0.6 is 0 Å². The van der Waals surface area contributed by atoms with Gasteiger partial charge in [-0.2, -0.15) is 0 Å². The fourth-order valence-corrected chi connectivity index (χ4v) is 2.13. The fourth-order valence-electron chi connectivity index (χ4n) is 2.13. The van der Waals surface area contributed by atoms with E-state index in [-0.39, 0.29) is 0 Å². The van der Waals surface area contributed by atoms with E-state index in [1.54, 1.807) is 0 Å². The lowest BCUT2D eigenvalue weighted by molar-refractivity contribution is 1.10. The zero-order valence-corrected chi connectivity index (χ0v) is 10.6. The lowest BCUT2D eigenvalue weighted by atomic mass is 10.1. The standard InChI is InChI=1S/C15H17N3/c1-2-16-14-8-9-17-15(18-14)13-5-3-4-12(10-13)11-6-7-11/h3-5,8-11H,2,6-7H2,1H3,(H,16,17,18). The maximum absolute atomic E-state index is 4.53. The van der Waals surface area contributed by atoms with Gasteiger partial charge in [0.15, 0.2) is 5.82 Å². The van der Waals surface area contributed by atoms with Gasteiger partial charge in [-0.15, -0.1) is 0 Å². The molecule has 0 unspecified atom stereocenters. The predicted octanol–water partition coefficient (Wildman–Crippen LogP) is 3.45. The molecule has 1 aromatic carbocycles. The van der Waals surface area contributed by atoms with Crippen LogP contribution in [-0.4, -0.2) is 16.5 Å². The molecule has 92 valence electrons. The van der Waals surface area contributed by atoms with Crippen molar-refractivity contribution in [2.24, 2.45) is 0 Å². The molecule has 3 rings (SSSR count). The van der Waals surface area contributed by atoms with Crippen LogP contribution in [0, 0.1) is 0 Å². The Morgan fingerprint density at radius 2 is 2.17 bits per heavy atom. The molecular weight excluding hydrogens is 222 g/mol. The van der Waals surface area contributed by atoms with Crippen molar-refractivity contribution < 1.29 is 0 Å². The van der Waals surface area contributed by atoms with Crippen LogP contribution in [0.2, 0.25) is 0 Å². The van der Waals surface area contributed by atoms with E-state index in [1.807, 2.05) is 12.3 Å². The summed E-state index contributed by atoms with van der Waals surface area (Å²) in [6.45, 7) is 2.94. The number of anilines is 1. The van der Waals surface area contributed by atoms with Gasteiger partial charge >= 0.3 is 0 Å². The number of nitrogens with zero attached hydrogens (tertiary/aromatic N) is 2. The molecule has 1 N–H and O–H groups in total. The molecule has 1 heterocycles. The molecule has 0 bridgehead atoms. The van der Waals surface area contributed by atoms with E-state index >= 15 is 0 Å². The maximum Gasteiger partial charge on any atom is 0.161 e. The smallest absolute Gasteiger partial charge is 0.161 e. The SMILES string of the molecule is CCNc1ccnc(-c2cccc(C3CC3)c2)n1. The number of rotatable bonds is 4. The Bertz CT molecular complexity index is 547. The second-order valence-corrected chi connectivity index (χ2v) is 4.70. The molecular formula is C15H17N3. The highest BCUT2D eigenvalue weighted by molar-refractivity contribution is 5.58. The van der Waals surface area contributed by atoms with Crippen molar-refractivity contribution in [2.75, 3.05) is 11.9 Å². The van der Waals surface area contributed by atoms with E-state index < -0.39 is 0 Å². The second kappa shape index (κ2) is 4.77. The lowest BCUT2D eigenvalue weighted by Gasteiger charge is -2.06. The number of hydrogen-bond donors (Lipinski definition) is 1. The first-order valence-electron chi connectivity index (χ1n) is 6.54. The van der Waals surface area contributed by atoms with E-state index in [2.05, 4.69) is 46.5 Å². The fraction of sp³-hybridized carbons (Fsp3) is 0.333. The molecule has 18 heavy (non-hydrogen) atoms. The minimum atomic E-state index is 0.766. The van der Waals surface area contributed by atoms with Crippen molar-refractivity contribution in [3.05, 3.63) is 42.1 Å². The van der Waals surface area contributed by atoms with E-state index in [0.717, 1.165) is 29.7 Å². The highest BCUT2D eigenvalue weighted by Gasteiger charge is 2.23. The van der Waals surface area contributed by atoms with Crippen LogP contribution in [0.25, 0.3) is 11.4 Å². The third kappa shape index (κ3) is 2.35. The van der Waals surface area contributed by atoms with Gasteiger partial charge in [-0.25, -0.2) is 9.97 Å². The molecule has 1 saturated carbocycles. The van der Waals surface area contributed by atoms with Gasteiger partial charge in [0, 0.05) is 18.3 Å². The Morgan fingerprint density at radius 3 is 2.94 bits per heavy atom. The van der Waals surface area contributed by atoms with Crippen molar-refractivity contribution in [1.29, 1.82) is 0 Å². The summed E-state index contributed by atoms with van der Waals surface area (Å²) in [5.74, 6) is 2.46. The van der Waals surface area contributed by atoms with E-state index in [9.17, 15) is 0 Å². The lowest BCUT2D eigenvalue weighted by Crippen LogP contribution is -2.00. The Balaban J connectivity index is 1.93. The number of nitrogens with one attached hydrogen (secondary N) is 1. The van der Waals surface area contributed by atoms with Crippen molar-refractivity contribution in [3.8, 4) is 11.4 Å². The molecule has 0 spiro atoms. The van der Waals surface area contributed by atoms with Crippen LogP contribution in [0.15, 0.2) is 36.5 Å². The Labute approximate surface area is 107 Å². The summed E-state index contributed by atoms with van der Waals surface area (Å²) in [5.41, 5.74) is 2.53. The van der Waals surface area contributed by atoms with E-state index in [1.165, 1.54) is 18.4 Å². The largest absolute Gasteiger partial charge is 0.370 e. The highest BCUT2D eigenvalue weighted by atomic mass is 15.0. The van der Waals surface area contributed by atoms with Gasteiger partial charge in [0.05, 0.1) is 0 Å². The van der Waals surface area contributed by atoms with Crippen LogP contribution in [0.4, 0.5) is 5.82 Å². The Hall–Kier alpha value is -1.90. The molecule has 3 nitrogen and oxygen atoms in total. The molecule has 1 aliphatic carbocycles. The van der Waals surface area contributed by atoms with Gasteiger partial charge in [-0.1, -0.05) is 18.2 Å². The van der Waals surface area contributed by atoms with Crippen LogP contribution < -0.4 is 5.32 Å². The maximum atomic E-state index is 4.53. The molecule has 2 aromatic rings. The first-order chi connectivity index (χ1) is 8.86. The number of hydrogen-bond acceptors (Lipinski definition) is 3. The van der Waals surface area contributed by atoms with Crippen LogP contribution in [0.1, 0.15) is 31.2 Å². The normalized spacial score (nSPS) is 14.5. The van der Waals surface area contributed by atoms with Gasteiger partial charge in [0.1, 0.15) is 5.82 Å². The monoisotopic (exact) mass is 239 g/mol. The third-order valence-electron chi connectivity index (χ3n) is 3.21. The summed E-state index contributed by atoms with van der Waals surface area (Å²) in [4.78, 5) is 8.89. The summed E-state index contributed by atoms with van der Waals surface area (Å²) in [5, 5.41) is 3.22. The summed E-state index contributed by atoms with van der Waals surface area (Å²) in [6.07, 6.45) is 4.45. The molecule has 1 aromatic heterocycles. The summed E-state index contributed by atoms with van der Waals surface area (Å²) < 4.78 is 0. The third-order valence-corrected chi connectivity index (χ3v) is 3.21. The molecule has 1 fully saturated rings. The quantitative estimate of drug-likeness (QED) is 0.888. The topological polar surface area (TPSA) is 37.8 Å². The highest BCUT2D eigenvalue weighted by Crippen LogP contribution is 2.40. The first kappa shape index (κ1) is 11.2. The Morgan fingerprint density at radius 1 is 1.28 bits per heavy atom. The van der Waals surface area contributed by atoms with E-state index in [4.69, 9.17) is 0 Å². The summed E-state index contributed by atoms with van der Waals surface area (Å²) >= 11 is 0. The van der Waals surface area contributed by atoms with Crippen LogP contribution in [0.5, 0.6) is 0 Å². The molecule has 0 amide bonds. The zero-order chi connectivity index (χ0) is 12.4. The molecule has 0 aliphatic heterocycles. The van der Waals surface area contributed by atoms with Crippen molar-refractivity contribution in [2.45, 2.75) is 25.7 Å². The second-order valence-electron chi connectivity index (χ2n) is 4.70. The van der Waals surface area contributed by atoms with Gasteiger partial charge in [-0.05, 0) is 43.4 Å². The average molecular weight is 239 g/mol. The minimum absolute atomic E-state index is 0.766. The molecule has 3 heteroatoms. The van der Waals surface area contributed by atoms with Crippen molar-refractivity contribution >= 4 is 5.82 Å².